The van der Waals surface area contributed by atoms with E-state index < -0.39 is 10.0 Å². The van der Waals surface area contributed by atoms with Crippen molar-refractivity contribution >= 4 is 39.3 Å². The minimum atomic E-state index is -3.68. The number of sulfonamides is 1. The van der Waals surface area contributed by atoms with Crippen molar-refractivity contribution in [1.29, 1.82) is 0 Å². The molecule has 1 N–H and O–H groups in total. The van der Waals surface area contributed by atoms with Gasteiger partial charge in [0.15, 0.2) is 0 Å². The molecule has 0 aliphatic rings. The standard InChI is InChI=1S/C18H14ClN3O2S/c19-15-5-3-4-14(12-15)13-21-16-7-9-17(10-8-16)25(23,24)22-18-6-1-2-11-20-18/h1-13H,(H,20,22). The van der Waals surface area contributed by atoms with E-state index in [0.717, 1.165) is 5.56 Å². The van der Waals surface area contributed by atoms with Crippen molar-refractivity contribution in [2.45, 2.75) is 4.90 Å². The molecule has 0 radical (unpaired) electrons. The SMILES string of the molecule is O=S(=O)(Nc1ccccn1)c1ccc(N=Cc2cccc(Cl)c2)cc1. The normalized spacial score (nSPS) is 11.6. The third-order valence-corrected chi connectivity index (χ3v) is 4.87. The van der Waals surface area contributed by atoms with E-state index >= 15 is 0 Å². The van der Waals surface area contributed by atoms with Gasteiger partial charge in [-0.2, -0.15) is 0 Å². The molecule has 0 amide bonds. The summed E-state index contributed by atoms with van der Waals surface area (Å²) in [7, 11) is -3.68. The number of benzene rings is 2. The van der Waals surface area contributed by atoms with Crippen molar-refractivity contribution in [3.63, 3.8) is 0 Å². The fourth-order valence-corrected chi connectivity index (χ4v) is 3.27. The monoisotopic (exact) mass is 371 g/mol. The van der Waals surface area contributed by atoms with E-state index in [9.17, 15) is 8.42 Å². The Morgan fingerprint density at radius 1 is 1.00 bits per heavy atom. The molecule has 0 atom stereocenters. The number of anilines is 1. The Morgan fingerprint density at radius 2 is 1.80 bits per heavy atom. The minimum Gasteiger partial charge on any atom is -0.263 e. The molecule has 5 nitrogen and oxygen atoms in total. The molecule has 0 spiro atoms. The highest BCUT2D eigenvalue weighted by atomic mass is 35.5. The molecule has 0 aliphatic heterocycles. The molecule has 1 heterocycles. The van der Waals surface area contributed by atoms with Crippen LogP contribution in [0.1, 0.15) is 5.56 Å². The number of hydrogen-bond donors (Lipinski definition) is 1. The van der Waals surface area contributed by atoms with Crippen LogP contribution >= 0.6 is 11.6 Å². The number of aliphatic imine (C=N–C) groups is 1. The number of nitrogens with zero attached hydrogens (tertiary/aromatic N) is 2. The average Bonchev–Trinajstić information content (AvgIpc) is 2.61. The summed E-state index contributed by atoms with van der Waals surface area (Å²) < 4.78 is 27.1. The smallest absolute Gasteiger partial charge is 0.263 e. The zero-order valence-electron chi connectivity index (χ0n) is 13.0. The lowest BCUT2D eigenvalue weighted by atomic mass is 10.2. The number of hydrogen-bond acceptors (Lipinski definition) is 4. The molecule has 0 saturated heterocycles. The van der Waals surface area contributed by atoms with Gasteiger partial charge in [-0.3, -0.25) is 9.71 Å². The predicted octanol–water partition coefficient (Wildman–Crippen LogP) is 4.29. The molecule has 0 saturated carbocycles. The van der Waals surface area contributed by atoms with Gasteiger partial charge in [-0.1, -0.05) is 29.8 Å². The third-order valence-electron chi connectivity index (χ3n) is 3.26. The fraction of sp³-hybridized carbons (Fsp3) is 0. The maximum absolute atomic E-state index is 12.3. The first-order chi connectivity index (χ1) is 12.0. The van der Waals surface area contributed by atoms with Crippen LogP contribution in [0.5, 0.6) is 0 Å². The highest BCUT2D eigenvalue weighted by molar-refractivity contribution is 7.92. The van der Waals surface area contributed by atoms with Crippen LogP contribution in [-0.4, -0.2) is 19.6 Å². The molecular weight excluding hydrogens is 358 g/mol. The van der Waals surface area contributed by atoms with Gasteiger partial charge in [-0.15, -0.1) is 0 Å². The third kappa shape index (κ3) is 4.65. The molecule has 7 heteroatoms. The lowest BCUT2D eigenvalue weighted by Gasteiger charge is -2.07. The number of halogens is 1. The molecule has 126 valence electrons. The van der Waals surface area contributed by atoms with Crippen LogP contribution in [0.3, 0.4) is 0 Å². The number of nitrogens with one attached hydrogen (secondary N) is 1. The van der Waals surface area contributed by atoms with Crippen LogP contribution in [0.4, 0.5) is 11.5 Å². The predicted molar refractivity (Wildman–Crippen MR) is 100 cm³/mol. The van der Waals surface area contributed by atoms with Gasteiger partial charge in [0.2, 0.25) is 0 Å². The maximum atomic E-state index is 12.3. The van der Waals surface area contributed by atoms with Gasteiger partial charge in [0.25, 0.3) is 10.0 Å². The Hall–Kier alpha value is -2.70. The summed E-state index contributed by atoms with van der Waals surface area (Å²) in [5.74, 6) is 0.269. The van der Waals surface area contributed by atoms with E-state index in [1.165, 1.54) is 18.3 Å². The van der Waals surface area contributed by atoms with Crippen LogP contribution in [0.2, 0.25) is 5.02 Å². The molecule has 3 aromatic rings. The summed E-state index contributed by atoms with van der Waals surface area (Å²) >= 11 is 5.92. The lowest BCUT2D eigenvalue weighted by Crippen LogP contribution is -2.13. The van der Waals surface area contributed by atoms with Gasteiger partial charge in [0.1, 0.15) is 5.82 Å². The first-order valence-electron chi connectivity index (χ1n) is 7.36. The maximum Gasteiger partial charge on any atom is 0.263 e. The van der Waals surface area contributed by atoms with Gasteiger partial charge >= 0.3 is 0 Å². The zero-order chi connectivity index (χ0) is 17.7. The molecular formula is C18H14ClN3O2S. The van der Waals surface area contributed by atoms with Gasteiger partial charge in [0, 0.05) is 17.4 Å². The quantitative estimate of drug-likeness (QED) is 0.680. The van der Waals surface area contributed by atoms with E-state index in [0.29, 0.717) is 10.7 Å². The molecule has 2 aromatic carbocycles. The summed E-state index contributed by atoms with van der Waals surface area (Å²) in [6.07, 6.45) is 3.19. The second kappa shape index (κ2) is 7.46. The van der Waals surface area contributed by atoms with Crippen LogP contribution in [0.25, 0.3) is 0 Å². The molecule has 1 aromatic heterocycles. The Morgan fingerprint density at radius 3 is 2.48 bits per heavy atom. The molecule has 0 fully saturated rings. The van der Waals surface area contributed by atoms with Gasteiger partial charge in [0.05, 0.1) is 10.6 Å². The van der Waals surface area contributed by atoms with Crippen LogP contribution < -0.4 is 4.72 Å². The second-order valence-electron chi connectivity index (χ2n) is 5.13. The summed E-state index contributed by atoms with van der Waals surface area (Å²) in [4.78, 5) is 8.40. The zero-order valence-corrected chi connectivity index (χ0v) is 14.6. The highest BCUT2D eigenvalue weighted by Gasteiger charge is 2.14. The topological polar surface area (TPSA) is 71.4 Å². The fourth-order valence-electron chi connectivity index (χ4n) is 2.07. The van der Waals surface area contributed by atoms with Gasteiger partial charge in [-0.25, -0.2) is 13.4 Å². The van der Waals surface area contributed by atoms with Gasteiger partial charge < -0.3 is 0 Å². The van der Waals surface area contributed by atoms with Crippen molar-refractivity contribution in [2.75, 3.05) is 4.72 Å². The minimum absolute atomic E-state index is 0.139. The summed E-state index contributed by atoms with van der Waals surface area (Å²) in [6, 6.07) is 18.6. The number of pyridine rings is 1. The van der Waals surface area contributed by atoms with Crippen LogP contribution in [-0.2, 0) is 10.0 Å². The first-order valence-corrected chi connectivity index (χ1v) is 9.23. The van der Waals surface area contributed by atoms with E-state index in [2.05, 4.69) is 14.7 Å². The van der Waals surface area contributed by atoms with Gasteiger partial charge in [-0.05, 0) is 54.1 Å². The first kappa shape index (κ1) is 17.1. The number of rotatable bonds is 5. The second-order valence-corrected chi connectivity index (χ2v) is 7.25. The molecule has 0 bridgehead atoms. The Labute approximate surface area is 151 Å². The Kier molecular flexibility index (Phi) is 5.11. The Balaban J connectivity index is 1.75. The van der Waals surface area contributed by atoms with Crippen molar-refractivity contribution in [3.8, 4) is 0 Å². The van der Waals surface area contributed by atoms with Crippen LogP contribution in [0.15, 0.2) is 82.8 Å². The molecule has 3 rings (SSSR count). The summed E-state index contributed by atoms with van der Waals surface area (Å²) in [5, 5.41) is 0.631. The molecule has 25 heavy (non-hydrogen) atoms. The Bertz CT molecular complexity index is 988. The summed E-state index contributed by atoms with van der Waals surface area (Å²) in [5.41, 5.74) is 1.50. The van der Waals surface area contributed by atoms with E-state index in [4.69, 9.17) is 11.6 Å². The van der Waals surface area contributed by atoms with E-state index in [1.807, 2.05) is 12.1 Å². The molecule has 0 unspecified atom stereocenters. The van der Waals surface area contributed by atoms with E-state index in [-0.39, 0.29) is 10.7 Å². The highest BCUT2D eigenvalue weighted by Crippen LogP contribution is 2.19. The van der Waals surface area contributed by atoms with Crippen molar-refractivity contribution in [1.82, 2.24) is 4.98 Å². The summed E-state index contributed by atoms with van der Waals surface area (Å²) in [6.45, 7) is 0. The average molecular weight is 372 g/mol. The van der Waals surface area contributed by atoms with E-state index in [1.54, 1.807) is 48.7 Å². The largest absolute Gasteiger partial charge is 0.263 e. The van der Waals surface area contributed by atoms with Crippen LogP contribution in [0, 0.1) is 0 Å². The van der Waals surface area contributed by atoms with Crippen molar-refractivity contribution < 1.29 is 8.42 Å². The van der Waals surface area contributed by atoms with Crippen molar-refractivity contribution in [3.05, 3.63) is 83.5 Å². The number of aromatic nitrogens is 1. The lowest BCUT2D eigenvalue weighted by molar-refractivity contribution is 0.601. The molecule has 0 aliphatic carbocycles. The van der Waals surface area contributed by atoms with Crippen molar-refractivity contribution in [2.24, 2.45) is 4.99 Å².